The highest BCUT2D eigenvalue weighted by atomic mass is 16.4. The van der Waals surface area contributed by atoms with Crippen molar-refractivity contribution < 1.29 is 29.4 Å². The molecule has 2 aromatic carbocycles. The molecule has 22 heavy (non-hydrogen) atoms. The van der Waals surface area contributed by atoms with Gasteiger partial charge in [-0.3, -0.25) is 9.59 Å². The van der Waals surface area contributed by atoms with Crippen molar-refractivity contribution in [2.24, 2.45) is 0 Å². The van der Waals surface area contributed by atoms with E-state index in [1.165, 1.54) is 36.4 Å². The number of carboxylic acids is 2. The maximum absolute atomic E-state index is 11.3. The summed E-state index contributed by atoms with van der Waals surface area (Å²) in [7, 11) is 0. The smallest absolute Gasteiger partial charge is 0.336 e. The number of hydrogen-bond acceptors (Lipinski definition) is 4. The van der Waals surface area contributed by atoms with Crippen LogP contribution in [0.4, 0.5) is 0 Å². The van der Waals surface area contributed by atoms with Gasteiger partial charge in [0, 0.05) is 11.1 Å². The molecule has 0 radical (unpaired) electrons. The van der Waals surface area contributed by atoms with Gasteiger partial charge in [-0.1, -0.05) is 12.1 Å². The Labute approximate surface area is 124 Å². The Morgan fingerprint density at radius 2 is 1.09 bits per heavy atom. The highest BCUT2D eigenvalue weighted by Crippen LogP contribution is 2.29. The van der Waals surface area contributed by atoms with Crippen molar-refractivity contribution in [2.75, 3.05) is 0 Å². The SMILES string of the molecule is O=Cc1ccc(C(=O)O)c(-c2cc(C=O)ccc2C(=O)O)c1. The van der Waals surface area contributed by atoms with Gasteiger partial charge < -0.3 is 10.2 Å². The van der Waals surface area contributed by atoms with E-state index in [0.29, 0.717) is 12.6 Å². The maximum Gasteiger partial charge on any atom is 0.336 e. The fraction of sp³-hybridized carbons (Fsp3) is 0. The molecular weight excluding hydrogens is 288 g/mol. The highest BCUT2D eigenvalue weighted by molar-refractivity contribution is 6.03. The number of carboxylic acid groups (broad SMARTS) is 2. The monoisotopic (exact) mass is 298 g/mol. The van der Waals surface area contributed by atoms with Crippen molar-refractivity contribution in [3.05, 3.63) is 58.7 Å². The molecule has 2 rings (SSSR count). The average Bonchev–Trinajstić information content (AvgIpc) is 2.53. The standard InChI is InChI=1S/C16H10O6/c17-7-9-1-3-11(15(19)20)13(5-9)14-6-10(8-18)2-4-12(14)16(21)22/h1-8H,(H,19,20)(H,21,22). The van der Waals surface area contributed by atoms with Gasteiger partial charge in [-0.25, -0.2) is 9.59 Å². The Hall–Kier alpha value is -3.28. The van der Waals surface area contributed by atoms with Crippen LogP contribution in [-0.2, 0) is 0 Å². The van der Waals surface area contributed by atoms with Crippen LogP contribution in [0.1, 0.15) is 41.4 Å². The Morgan fingerprint density at radius 3 is 1.36 bits per heavy atom. The van der Waals surface area contributed by atoms with Crippen LogP contribution in [0.15, 0.2) is 36.4 Å². The number of benzene rings is 2. The summed E-state index contributed by atoms with van der Waals surface area (Å²) in [6.45, 7) is 0. The van der Waals surface area contributed by atoms with Gasteiger partial charge in [0.2, 0.25) is 0 Å². The molecule has 0 aromatic heterocycles. The van der Waals surface area contributed by atoms with Crippen molar-refractivity contribution >= 4 is 24.5 Å². The molecule has 2 aromatic rings. The molecule has 6 nitrogen and oxygen atoms in total. The van der Waals surface area contributed by atoms with Crippen LogP contribution in [0.5, 0.6) is 0 Å². The molecule has 0 aliphatic heterocycles. The van der Waals surface area contributed by atoms with E-state index in [1.807, 2.05) is 0 Å². The van der Waals surface area contributed by atoms with Crippen molar-refractivity contribution in [1.82, 2.24) is 0 Å². The Bertz CT molecular complexity index is 724. The molecule has 0 saturated carbocycles. The largest absolute Gasteiger partial charge is 0.478 e. The maximum atomic E-state index is 11.3. The van der Waals surface area contributed by atoms with Gasteiger partial charge in [-0.15, -0.1) is 0 Å². The van der Waals surface area contributed by atoms with Gasteiger partial charge in [-0.2, -0.15) is 0 Å². The first-order chi connectivity index (χ1) is 10.5. The molecule has 0 spiro atoms. The molecule has 0 aliphatic rings. The molecule has 0 atom stereocenters. The lowest BCUT2D eigenvalue weighted by molar-refractivity contribution is 0.0684. The lowest BCUT2D eigenvalue weighted by Crippen LogP contribution is -2.05. The van der Waals surface area contributed by atoms with Crippen LogP contribution in [-0.4, -0.2) is 34.7 Å². The van der Waals surface area contributed by atoms with Crippen LogP contribution < -0.4 is 0 Å². The Balaban J connectivity index is 2.84. The summed E-state index contributed by atoms with van der Waals surface area (Å²) in [6.07, 6.45) is 1.05. The van der Waals surface area contributed by atoms with E-state index in [4.69, 9.17) is 0 Å². The molecule has 0 saturated heterocycles. The topological polar surface area (TPSA) is 109 Å². The van der Waals surface area contributed by atoms with Crippen LogP contribution >= 0.6 is 0 Å². The molecule has 6 heteroatoms. The summed E-state index contributed by atoms with van der Waals surface area (Å²) in [5.41, 5.74) is 0.226. The van der Waals surface area contributed by atoms with Gasteiger partial charge in [-0.05, 0) is 35.4 Å². The van der Waals surface area contributed by atoms with E-state index >= 15 is 0 Å². The summed E-state index contributed by atoms with van der Waals surface area (Å²) >= 11 is 0. The van der Waals surface area contributed by atoms with E-state index < -0.39 is 11.9 Å². The average molecular weight is 298 g/mol. The van der Waals surface area contributed by atoms with Gasteiger partial charge in [0.15, 0.2) is 0 Å². The molecule has 0 unspecified atom stereocenters. The number of carbonyl (C=O) groups is 4. The Kier molecular flexibility index (Phi) is 4.13. The Morgan fingerprint density at radius 1 is 0.727 bits per heavy atom. The van der Waals surface area contributed by atoms with Crippen molar-refractivity contribution in [3.8, 4) is 11.1 Å². The quantitative estimate of drug-likeness (QED) is 0.820. The predicted molar refractivity (Wildman–Crippen MR) is 76.6 cm³/mol. The second-order valence-corrected chi connectivity index (χ2v) is 4.46. The highest BCUT2D eigenvalue weighted by Gasteiger charge is 2.18. The molecule has 0 fully saturated rings. The van der Waals surface area contributed by atoms with Crippen molar-refractivity contribution in [3.63, 3.8) is 0 Å². The summed E-state index contributed by atoms with van der Waals surface area (Å²) in [4.78, 5) is 44.4. The van der Waals surface area contributed by atoms with E-state index in [1.54, 1.807) is 0 Å². The first-order valence-corrected chi connectivity index (χ1v) is 6.13. The minimum atomic E-state index is -1.26. The number of aldehydes is 2. The summed E-state index contributed by atoms with van der Waals surface area (Å²) < 4.78 is 0. The molecule has 110 valence electrons. The molecule has 0 aliphatic carbocycles. The lowest BCUT2D eigenvalue weighted by atomic mass is 9.92. The van der Waals surface area contributed by atoms with Crippen molar-refractivity contribution in [2.45, 2.75) is 0 Å². The normalized spacial score (nSPS) is 10.0. The molecule has 2 N–H and O–H groups in total. The second kappa shape index (κ2) is 6.01. The van der Waals surface area contributed by atoms with Crippen LogP contribution in [0, 0.1) is 0 Å². The zero-order valence-electron chi connectivity index (χ0n) is 11.1. The zero-order chi connectivity index (χ0) is 16.3. The third kappa shape index (κ3) is 2.76. The summed E-state index contributed by atoms with van der Waals surface area (Å²) in [5, 5.41) is 18.5. The lowest BCUT2D eigenvalue weighted by Gasteiger charge is -2.11. The molecule has 0 bridgehead atoms. The van der Waals surface area contributed by atoms with E-state index in [9.17, 15) is 29.4 Å². The minimum Gasteiger partial charge on any atom is -0.478 e. The first kappa shape index (κ1) is 15.1. The van der Waals surface area contributed by atoms with Gasteiger partial charge in [0.1, 0.15) is 12.6 Å². The second-order valence-electron chi connectivity index (χ2n) is 4.46. The van der Waals surface area contributed by atoms with Crippen molar-refractivity contribution in [1.29, 1.82) is 0 Å². The predicted octanol–water partition coefficient (Wildman–Crippen LogP) is 2.38. The number of hydrogen-bond donors (Lipinski definition) is 2. The van der Waals surface area contributed by atoms with Gasteiger partial charge in [0.05, 0.1) is 11.1 Å². The van der Waals surface area contributed by atoms with Gasteiger partial charge in [0.25, 0.3) is 0 Å². The summed E-state index contributed by atoms with van der Waals surface area (Å²) in [5.74, 6) is -2.53. The first-order valence-electron chi connectivity index (χ1n) is 6.13. The van der Waals surface area contributed by atoms with E-state index in [0.717, 1.165) is 0 Å². The molecule has 0 heterocycles. The van der Waals surface area contributed by atoms with E-state index in [-0.39, 0.29) is 33.4 Å². The molecule has 0 amide bonds. The summed E-state index contributed by atoms with van der Waals surface area (Å²) in [6, 6.07) is 7.66. The third-order valence-electron chi connectivity index (χ3n) is 3.11. The van der Waals surface area contributed by atoms with Crippen LogP contribution in [0.3, 0.4) is 0 Å². The molecular formula is C16H10O6. The zero-order valence-corrected chi connectivity index (χ0v) is 11.1. The third-order valence-corrected chi connectivity index (χ3v) is 3.11. The van der Waals surface area contributed by atoms with Crippen LogP contribution in [0.25, 0.3) is 11.1 Å². The van der Waals surface area contributed by atoms with Crippen LogP contribution in [0.2, 0.25) is 0 Å². The number of aromatic carboxylic acids is 2. The van der Waals surface area contributed by atoms with Gasteiger partial charge >= 0.3 is 11.9 Å². The van der Waals surface area contributed by atoms with E-state index in [2.05, 4.69) is 0 Å². The number of carbonyl (C=O) groups excluding carboxylic acids is 2. The number of rotatable bonds is 5. The minimum absolute atomic E-state index is 0.0678. The fourth-order valence-electron chi connectivity index (χ4n) is 2.09. The fourth-order valence-corrected chi connectivity index (χ4v) is 2.09.